The Hall–Kier alpha value is -1.69. The number of nitrogens with zero attached hydrogens (tertiary/aromatic N) is 1. The van der Waals surface area contributed by atoms with Crippen molar-refractivity contribution in [3.63, 3.8) is 0 Å². The Morgan fingerprint density at radius 2 is 1.85 bits per heavy atom. The molecular weight excluding hydrogens is 278 g/mol. The van der Waals surface area contributed by atoms with Crippen molar-refractivity contribution in [2.75, 3.05) is 30.3 Å². The fourth-order valence-electron chi connectivity index (χ4n) is 1.41. The van der Waals surface area contributed by atoms with Gasteiger partial charge in [0.25, 0.3) is 0 Å². The van der Waals surface area contributed by atoms with E-state index in [0.717, 1.165) is 18.8 Å². The molecule has 0 radical (unpaired) electrons. The average Bonchev–Trinajstić information content (AvgIpc) is 2.45. The second-order valence-electron chi connectivity index (χ2n) is 3.81. The molecule has 5 nitrogen and oxygen atoms in total. The molecule has 0 aliphatic rings. The van der Waals surface area contributed by atoms with Crippen LogP contribution in [0.15, 0.2) is 30.3 Å². The van der Waals surface area contributed by atoms with Crippen LogP contribution in [-0.4, -0.2) is 42.5 Å². The molecule has 6 heteroatoms. The van der Waals surface area contributed by atoms with Gasteiger partial charge in [-0.2, -0.15) is 12.6 Å². The lowest BCUT2D eigenvalue weighted by atomic mass is 10.3. The number of carboxylic acids is 1. The highest BCUT2D eigenvalue weighted by Crippen LogP contribution is 2.11. The predicted molar refractivity (Wildman–Crippen MR) is 82.5 cm³/mol. The zero-order chi connectivity index (χ0) is 15.4. The van der Waals surface area contributed by atoms with E-state index in [0.29, 0.717) is 6.61 Å². The molecule has 0 saturated heterocycles. The monoisotopic (exact) mass is 299 g/mol. The second-order valence-corrected chi connectivity index (χ2v) is 4.12. The number of hydrogen-bond donors (Lipinski definition) is 2. The van der Waals surface area contributed by atoms with Crippen molar-refractivity contribution in [3.8, 4) is 0 Å². The van der Waals surface area contributed by atoms with Gasteiger partial charge < -0.3 is 14.7 Å². The Kier molecular flexibility index (Phi) is 10.2. The van der Waals surface area contributed by atoms with Crippen LogP contribution in [0, 0.1) is 0 Å². The summed E-state index contributed by atoms with van der Waals surface area (Å²) in [5, 5.41) is 7.65. The van der Waals surface area contributed by atoms with Crippen molar-refractivity contribution in [3.05, 3.63) is 30.3 Å². The van der Waals surface area contributed by atoms with Gasteiger partial charge in [0, 0.05) is 19.2 Å². The van der Waals surface area contributed by atoms with Gasteiger partial charge in [0.2, 0.25) is 0 Å². The number of carbonyl (C=O) groups excluding carboxylic acids is 1. The van der Waals surface area contributed by atoms with Gasteiger partial charge in [0.05, 0.1) is 12.3 Å². The van der Waals surface area contributed by atoms with Crippen LogP contribution in [0.3, 0.4) is 0 Å². The van der Waals surface area contributed by atoms with Crippen LogP contribution in [0.25, 0.3) is 0 Å². The Bertz CT molecular complexity index is 397. The van der Waals surface area contributed by atoms with Gasteiger partial charge in [-0.1, -0.05) is 18.2 Å². The minimum absolute atomic E-state index is 0.0833. The first-order chi connectivity index (χ1) is 9.51. The van der Waals surface area contributed by atoms with Gasteiger partial charge in [0.15, 0.2) is 0 Å². The molecular formula is C14H21NO4S. The van der Waals surface area contributed by atoms with Gasteiger partial charge in [0.1, 0.15) is 6.61 Å². The highest BCUT2D eigenvalue weighted by atomic mass is 32.1. The zero-order valence-electron chi connectivity index (χ0n) is 11.8. The third kappa shape index (κ3) is 9.27. The summed E-state index contributed by atoms with van der Waals surface area (Å²) in [4.78, 5) is 22.1. The number of benzene rings is 1. The number of ether oxygens (including phenoxy) is 1. The largest absolute Gasteiger partial charge is 0.481 e. The van der Waals surface area contributed by atoms with Gasteiger partial charge >= 0.3 is 11.9 Å². The standard InChI is InChI=1S/C12H17NO2.C2H4O2S/c1-3-13(9-10-15-11(2)14)12-7-5-4-6-8-12;3-2(4)1-5/h4-8H,3,9-10H2,1-2H3;5H,1H2,(H,3,4). The molecule has 20 heavy (non-hydrogen) atoms. The van der Waals surface area contributed by atoms with E-state index < -0.39 is 5.97 Å². The summed E-state index contributed by atoms with van der Waals surface area (Å²) in [6.45, 7) is 5.60. The number of carbonyl (C=O) groups is 2. The molecule has 0 aliphatic heterocycles. The quantitative estimate of drug-likeness (QED) is 0.622. The normalized spacial score (nSPS) is 9.15. The smallest absolute Gasteiger partial charge is 0.313 e. The summed E-state index contributed by atoms with van der Waals surface area (Å²) in [6, 6.07) is 10.1. The van der Waals surface area contributed by atoms with Crippen molar-refractivity contribution < 1.29 is 19.4 Å². The topological polar surface area (TPSA) is 66.8 Å². The SMILES string of the molecule is CCN(CCOC(C)=O)c1ccccc1.O=C(O)CS. The fraction of sp³-hybridized carbons (Fsp3) is 0.429. The van der Waals surface area contributed by atoms with Crippen molar-refractivity contribution in [1.29, 1.82) is 0 Å². The minimum atomic E-state index is -0.881. The molecule has 1 aromatic rings. The molecule has 0 fully saturated rings. The molecule has 1 rings (SSSR count). The zero-order valence-corrected chi connectivity index (χ0v) is 12.7. The number of aliphatic carboxylic acids is 1. The number of para-hydroxylation sites is 1. The van der Waals surface area contributed by atoms with Crippen molar-refractivity contribution in [2.45, 2.75) is 13.8 Å². The highest BCUT2D eigenvalue weighted by Gasteiger charge is 2.03. The third-order valence-electron chi connectivity index (χ3n) is 2.30. The van der Waals surface area contributed by atoms with Crippen LogP contribution in [0.4, 0.5) is 5.69 Å². The van der Waals surface area contributed by atoms with Gasteiger partial charge in [-0.05, 0) is 19.1 Å². The molecule has 1 aromatic carbocycles. The summed E-state index contributed by atoms with van der Waals surface area (Å²) in [5.41, 5.74) is 1.16. The van der Waals surface area contributed by atoms with Gasteiger partial charge in [-0.25, -0.2) is 0 Å². The number of hydrogen-bond acceptors (Lipinski definition) is 5. The first kappa shape index (κ1) is 18.3. The lowest BCUT2D eigenvalue weighted by Gasteiger charge is -2.22. The van der Waals surface area contributed by atoms with E-state index in [-0.39, 0.29) is 11.7 Å². The number of carboxylic acid groups (broad SMARTS) is 1. The third-order valence-corrected chi connectivity index (χ3v) is 2.58. The first-order valence-electron chi connectivity index (χ1n) is 6.27. The molecule has 0 heterocycles. The Balaban J connectivity index is 0.000000621. The summed E-state index contributed by atoms with van der Waals surface area (Å²) < 4.78 is 4.92. The number of esters is 1. The van der Waals surface area contributed by atoms with Crippen molar-refractivity contribution in [2.24, 2.45) is 0 Å². The van der Waals surface area contributed by atoms with E-state index >= 15 is 0 Å². The van der Waals surface area contributed by atoms with Crippen LogP contribution in [0.5, 0.6) is 0 Å². The molecule has 0 aromatic heterocycles. The molecule has 112 valence electrons. The summed E-state index contributed by atoms with van der Waals surface area (Å²) in [7, 11) is 0. The predicted octanol–water partition coefficient (Wildman–Crippen LogP) is 2.08. The maximum absolute atomic E-state index is 10.6. The van der Waals surface area contributed by atoms with Gasteiger partial charge in [-0.3, -0.25) is 9.59 Å². The summed E-state index contributed by atoms with van der Waals surface area (Å²) in [5.74, 6) is -1.19. The summed E-state index contributed by atoms with van der Waals surface area (Å²) >= 11 is 3.42. The van der Waals surface area contributed by atoms with E-state index in [1.165, 1.54) is 6.92 Å². The lowest BCUT2D eigenvalue weighted by molar-refractivity contribution is -0.140. The Morgan fingerprint density at radius 3 is 2.25 bits per heavy atom. The van der Waals surface area contributed by atoms with Crippen LogP contribution in [-0.2, 0) is 14.3 Å². The molecule has 0 atom stereocenters. The van der Waals surface area contributed by atoms with Crippen LogP contribution in [0.2, 0.25) is 0 Å². The molecule has 0 spiro atoms. The van der Waals surface area contributed by atoms with E-state index in [2.05, 4.69) is 36.6 Å². The van der Waals surface area contributed by atoms with Crippen LogP contribution < -0.4 is 4.90 Å². The molecule has 0 saturated carbocycles. The van der Waals surface area contributed by atoms with E-state index in [4.69, 9.17) is 9.84 Å². The van der Waals surface area contributed by atoms with Gasteiger partial charge in [-0.15, -0.1) is 0 Å². The van der Waals surface area contributed by atoms with E-state index in [1.807, 2.05) is 18.2 Å². The molecule has 0 aliphatic carbocycles. The number of thiol groups is 1. The maximum Gasteiger partial charge on any atom is 0.313 e. The average molecular weight is 299 g/mol. The minimum Gasteiger partial charge on any atom is -0.481 e. The molecule has 1 N–H and O–H groups in total. The van der Waals surface area contributed by atoms with E-state index in [9.17, 15) is 9.59 Å². The van der Waals surface area contributed by atoms with Crippen molar-refractivity contribution in [1.82, 2.24) is 0 Å². The summed E-state index contributed by atoms with van der Waals surface area (Å²) in [6.07, 6.45) is 0. The number of likely N-dealkylation sites (N-methyl/N-ethyl adjacent to an activating group) is 1. The Morgan fingerprint density at radius 1 is 1.30 bits per heavy atom. The Labute approximate surface area is 125 Å². The fourth-order valence-corrected chi connectivity index (χ4v) is 1.41. The molecule has 0 unspecified atom stereocenters. The van der Waals surface area contributed by atoms with Crippen molar-refractivity contribution >= 4 is 30.3 Å². The maximum atomic E-state index is 10.6. The molecule has 0 amide bonds. The van der Waals surface area contributed by atoms with E-state index in [1.54, 1.807) is 0 Å². The first-order valence-corrected chi connectivity index (χ1v) is 6.90. The second kappa shape index (κ2) is 11.2. The molecule has 0 bridgehead atoms. The lowest BCUT2D eigenvalue weighted by Crippen LogP contribution is -2.27. The van der Waals surface area contributed by atoms with Crippen LogP contribution >= 0.6 is 12.6 Å². The number of anilines is 1. The number of rotatable bonds is 6. The highest BCUT2D eigenvalue weighted by molar-refractivity contribution is 7.81. The van der Waals surface area contributed by atoms with Crippen LogP contribution in [0.1, 0.15) is 13.8 Å².